The van der Waals surface area contributed by atoms with Gasteiger partial charge in [0.15, 0.2) is 0 Å². The van der Waals surface area contributed by atoms with Crippen LogP contribution in [0.5, 0.6) is 0 Å². The van der Waals surface area contributed by atoms with E-state index in [0.717, 1.165) is 0 Å². The molecule has 0 aliphatic heterocycles. The quantitative estimate of drug-likeness (QED) is 0.129. The minimum absolute atomic E-state index is 1.23. The Morgan fingerprint density at radius 1 is 0.222 bits per heavy atom. The minimum atomic E-state index is 1.23. The van der Waals surface area contributed by atoms with Gasteiger partial charge in [0.25, 0.3) is 0 Å². The Labute approximate surface area is 312 Å². The molecule has 0 saturated heterocycles. The molecule has 0 unspecified atom stereocenters. The van der Waals surface area contributed by atoms with E-state index in [-0.39, 0.29) is 0 Å². The maximum absolute atomic E-state index is 2.44. The first-order chi connectivity index (χ1) is 26.8. The van der Waals surface area contributed by atoms with Gasteiger partial charge < -0.3 is 0 Å². The number of fused-ring (bicyclic) bond motifs is 7. The second-order valence-corrected chi connectivity index (χ2v) is 15.0. The molecule has 2 aliphatic carbocycles. The summed E-state index contributed by atoms with van der Waals surface area (Å²) in [6.45, 7) is 0. The van der Waals surface area contributed by atoms with Crippen molar-refractivity contribution in [1.82, 2.24) is 0 Å². The molecule has 0 amide bonds. The lowest BCUT2D eigenvalue weighted by Crippen LogP contribution is -1.95. The van der Waals surface area contributed by atoms with Gasteiger partial charge in [-0.15, -0.1) is 0 Å². The van der Waals surface area contributed by atoms with E-state index < -0.39 is 0 Å². The van der Waals surface area contributed by atoms with E-state index in [4.69, 9.17) is 0 Å². The summed E-state index contributed by atoms with van der Waals surface area (Å²) in [6, 6.07) is 63.9. The first-order valence-corrected chi connectivity index (χ1v) is 18.9. The third kappa shape index (κ3) is 3.53. The molecular formula is C54H30. The van der Waals surface area contributed by atoms with Gasteiger partial charge in [-0.1, -0.05) is 182 Å². The topological polar surface area (TPSA) is 0 Å². The molecule has 0 saturated carbocycles. The van der Waals surface area contributed by atoms with Gasteiger partial charge >= 0.3 is 0 Å². The molecule has 0 radical (unpaired) electrons. The lowest BCUT2D eigenvalue weighted by Gasteiger charge is -2.22. The van der Waals surface area contributed by atoms with Crippen LogP contribution >= 0.6 is 0 Å². The molecule has 0 aromatic heterocycles. The molecule has 2 aliphatic rings. The molecule has 54 heavy (non-hydrogen) atoms. The molecule has 11 aromatic rings. The Balaban J connectivity index is 1.25. The van der Waals surface area contributed by atoms with E-state index in [1.54, 1.807) is 0 Å². The van der Waals surface area contributed by atoms with Crippen LogP contribution in [0.1, 0.15) is 11.1 Å². The maximum Gasteiger partial charge on any atom is -0.000718 e. The molecule has 0 N–H and O–H groups in total. The van der Waals surface area contributed by atoms with E-state index >= 15 is 0 Å². The summed E-state index contributed by atoms with van der Waals surface area (Å²) >= 11 is 0. The highest BCUT2D eigenvalue weighted by Crippen LogP contribution is 2.61. The van der Waals surface area contributed by atoms with Crippen molar-refractivity contribution in [3.05, 3.63) is 181 Å². The van der Waals surface area contributed by atoms with Crippen LogP contribution in [-0.4, -0.2) is 0 Å². The summed E-state index contributed by atoms with van der Waals surface area (Å²) in [5, 5.41) is 16.0. The largest absolute Gasteiger partial charge is 0.0622 e. The van der Waals surface area contributed by atoms with E-state index in [1.807, 2.05) is 0 Å². The molecule has 0 spiro atoms. The zero-order valence-corrected chi connectivity index (χ0v) is 29.3. The third-order valence-electron chi connectivity index (χ3n) is 12.5. The van der Waals surface area contributed by atoms with Gasteiger partial charge in [0, 0.05) is 0 Å². The zero-order valence-electron chi connectivity index (χ0n) is 29.3. The summed E-state index contributed by atoms with van der Waals surface area (Å²) < 4.78 is 0. The first kappa shape index (κ1) is 28.6. The fourth-order valence-corrected chi connectivity index (χ4v) is 10.4. The number of rotatable bonds is 3. The normalized spacial score (nSPS) is 12.7. The van der Waals surface area contributed by atoms with Crippen LogP contribution in [0.2, 0.25) is 0 Å². The lowest BCUT2D eigenvalue weighted by molar-refractivity contribution is 1.59. The predicted octanol–water partition coefficient (Wildman–Crippen LogP) is 15.2. The molecular weight excluding hydrogens is 649 g/mol. The smallest absolute Gasteiger partial charge is 0.000718 e. The van der Waals surface area contributed by atoms with Crippen molar-refractivity contribution >= 4 is 76.8 Å². The van der Waals surface area contributed by atoms with Gasteiger partial charge in [-0.25, -0.2) is 0 Å². The van der Waals surface area contributed by atoms with Crippen LogP contribution < -0.4 is 0 Å². The summed E-state index contributed by atoms with van der Waals surface area (Å²) in [6.07, 6.45) is 4.54. The van der Waals surface area contributed by atoms with Gasteiger partial charge in [-0.05, 0) is 131 Å². The minimum Gasteiger partial charge on any atom is -0.0622 e. The summed E-state index contributed by atoms with van der Waals surface area (Å²) in [5.74, 6) is 0. The highest BCUT2D eigenvalue weighted by Gasteiger charge is 2.33. The van der Waals surface area contributed by atoms with Crippen molar-refractivity contribution in [3.8, 4) is 55.6 Å². The van der Waals surface area contributed by atoms with Gasteiger partial charge in [-0.3, -0.25) is 0 Å². The lowest BCUT2D eigenvalue weighted by atomic mass is 9.80. The zero-order chi connectivity index (χ0) is 35.1. The number of hydrogen-bond donors (Lipinski definition) is 0. The molecule has 0 heteroatoms. The van der Waals surface area contributed by atoms with Crippen LogP contribution in [0.3, 0.4) is 0 Å². The summed E-state index contributed by atoms with van der Waals surface area (Å²) in [7, 11) is 0. The second-order valence-electron chi connectivity index (χ2n) is 15.0. The highest BCUT2D eigenvalue weighted by atomic mass is 14.4. The predicted molar refractivity (Wildman–Crippen MR) is 232 cm³/mol. The van der Waals surface area contributed by atoms with Gasteiger partial charge in [-0.2, -0.15) is 0 Å². The molecule has 13 rings (SSSR count). The van der Waals surface area contributed by atoms with E-state index in [0.29, 0.717) is 0 Å². The van der Waals surface area contributed by atoms with Crippen LogP contribution in [0.4, 0.5) is 0 Å². The highest BCUT2D eigenvalue weighted by molar-refractivity contribution is 6.40. The standard InChI is InChI=1S/C54H30/c1-2-11-31(12-3-1)35-16-6-7-17-37(35)50-39-18-8-9-19-40(39)51(38-20-10-14-32-13-4-5-15-36(32)38)54-46-30-28-44-42-26-24-34-22-21-33-23-25-41(48(42)47(33)34)43-27-29-45(53(50)54)52(46)49(43)44/h1-30H. The third-order valence-corrected chi connectivity index (χ3v) is 12.5. The van der Waals surface area contributed by atoms with Gasteiger partial charge in [0.05, 0.1) is 0 Å². The van der Waals surface area contributed by atoms with Crippen LogP contribution in [-0.2, 0) is 0 Å². The average Bonchev–Trinajstić information content (AvgIpc) is 3.82. The molecule has 11 aromatic carbocycles. The van der Waals surface area contributed by atoms with Crippen LogP contribution in [0, 0.1) is 0 Å². The second kappa shape index (κ2) is 10.3. The summed E-state index contributed by atoms with van der Waals surface area (Å²) in [4.78, 5) is 0. The maximum atomic E-state index is 2.44. The fourth-order valence-electron chi connectivity index (χ4n) is 10.4. The van der Waals surface area contributed by atoms with E-state index in [9.17, 15) is 0 Å². The van der Waals surface area contributed by atoms with Crippen molar-refractivity contribution in [2.45, 2.75) is 0 Å². The van der Waals surface area contributed by atoms with E-state index in [1.165, 1.54) is 131 Å². The van der Waals surface area contributed by atoms with E-state index in [2.05, 4.69) is 182 Å². The van der Waals surface area contributed by atoms with Crippen LogP contribution in [0.25, 0.3) is 132 Å². The Kier molecular flexibility index (Phi) is 5.45. The van der Waals surface area contributed by atoms with Gasteiger partial charge in [0.2, 0.25) is 0 Å². The van der Waals surface area contributed by atoms with Gasteiger partial charge in [0.1, 0.15) is 0 Å². The van der Waals surface area contributed by atoms with Crippen molar-refractivity contribution in [2.75, 3.05) is 0 Å². The molecule has 0 fully saturated rings. The average molecular weight is 679 g/mol. The Bertz CT molecular complexity index is 3400. The first-order valence-electron chi connectivity index (χ1n) is 18.9. The summed E-state index contributed by atoms with van der Waals surface area (Å²) in [5.41, 5.74) is 15.6. The number of hydrogen-bond acceptors (Lipinski definition) is 0. The molecule has 0 atom stereocenters. The van der Waals surface area contributed by atoms with Crippen molar-refractivity contribution in [2.24, 2.45) is 0 Å². The van der Waals surface area contributed by atoms with Crippen molar-refractivity contribution in [3.63, 3.8) is 0 Å². The fraction of sp³-hybridized carbons (Fsp3) is 0. The molecule has 0 nitrogen and oxygen atoms in total. The van der Waals surface area contributed by atoms with Crippen LogP contribution in [0.15, 0.2) is 170 Å². The SMILES string of the molecule is C1=Cc2ccc3c4ccc5c6c(ccc(c7ccc1c2c73)c64)-c1c-5c(-c2cccc3ccccc23)c2ccccc2c1-c1ccccc1-c1ccccc1. The molecule has 0 bridgehead atoms. The Hall–Kier alpha value is -7.02. The Morgan fingerprint density at radius 2 is 0.704 bits per heavy atom. The number of benzene rings is 11. The molecule has 246 valence electrons. The molecule has 0 heterocycles. The monoisotopic (exact) mass is 678 g/mol. The van der Waals surface area contributed by atoms with Crippen molar-refractivity contribution in [1.29, 1.82) is 0 Å². The Morgan fingerprint density at radius 3 is 1.37 bits per heavy atom. The van der Waals surface area contributed by atoms with Crippen molar-refractivity contribution < 1.29 is 0 Å².